The number of amides is 1. The van der Waals surface area contributed by atoms with E-state index in [1.54, 1.807) is 6.07 Å². The van der Waals surface area contributed by atoms with E-state index in [0.29, 0.717) is 11.0 Å². The molecule has 1 N–H and O–H groups in total. The molecule has 2 rings (SSSR count). The third-order valence-corrected chi connectivity index (χ3v) is 3.00. The molecule has 0 saturated heterocycles. The number of ether oxygens (including phenoxy) is 1. The molecule has 1 aromatic carbocycles. The number of rotatable bonds is 4. The third kappa shape index (κ3) is 3.78. The summed E-state index contributed by atoms with van der Waals surface area (Å²) in [5.41, 5.74) is 1.12. The lowest BCUT2D eigenvalue weighted by Gasteiger charge is -2.09. The number of fused-ring (bicyclic) bond motifs is 1. The zero-order valence-electron chi connectivity index (χ0n) is 9.70. The fourth-order valence-corrected chi connectivity index (χ4v) is 2.12. The molecule has 1 heterocycles. The number of alkyl halides is 3. The number of hydrogen-bond donors (Lipinski definition) is 1. The molecule has 0 aliphatic carbocycles. The minimum atomic E-state index is -4.48. The molecule has 20 heavy (non-hydrogen) atoms. The van der Waals surface area contributed by atoms with Crippen molar-refractivity contribution in [3.05, 3.63) is 17.2 Å². The molecule has 5 nitrogen and oxygen atoms in total. The average molecular weight is 326 g/mol. The van der Waals surface area contributed by atoms with Gasteiger partial charge in [-0.25, -0.2) is 0 Å². The summed E-state index contributed by atoms with van der Waals surface area (Å²) in [7, 11) is 0. The molecule has 0 spiro atoms. The standard InChI is InChI=1S/C10H7ClF3N3O2S/c11-5-1-2-6-9(17-20-16-6)8(5)15-7(18)3-19-4-10(12,13)14/h1-2H,3-4H2,(H,15,18). The van der Waals surface area contributed by atoms with Crippen molar-refractivity contribution in [2.24, 2.45) is 0 Å². The van der Waals surface area contributed by atoms with Crippen LogP contribution in [-0.4, -0.2) is 34.0 Å². The van der Waals surface area contributed by atoms with Gasteiger partial charge in [0, 0.05) is 0 Å². The van der Waals surface area contributed by atoms with Gasteiger partial charge in [-0.3, -0.25) is 4.79 Å². The predicted octanol–water partition coefficient (Wildman–Crippen LogP) is 2.86. The van der Waals surface area contributed by atoms with Crippen LogP contribution < -0.4 is 5.32 Å². The van der Waals surface area contributed by atoms with Crippen LogP contribution in [0.15, 0.2) is 12.1 Å². The fraction of sp³-hybridized carbons (Fsp3) is 0.300. The normalized spacial score (nSPS) is 11.8. The lowest BCUT2D eigenvalue weighted by molar-refractivity contribution is -0.174. The number of carbonyl (C=O) groups is 1. The summed E-state index contributed by atoms with van der Waals surface area (Å²) in [4.78, 5) is 11.5. The number of nitrogens with zero attached hydrogens (tertiary/aromatic N) is 2. The molecule has 1 amide bonds. The van der Waals surface area contributed by atoms with Gasteiger partial charge in [-0.05, 0) is 12.1 Å². The number of aromatic nitrogens is 2. The van der Waals surface area contributed by atoms with Crippen molar-refractivity contribution in [1.82, 2.24) is 8.75 Å². The number of nitrogens with one attached hydrogen (secondary N) is 1. The largest absolute Gasteiger partial charge is 0.411 e. The van der Waals surface area contributed by atoms with Crippen LogP contribution in [0.5, 0.6) is 0 Å². The molecule has 0 atom stereocenters. The minimum Gasteiger partial charge on any atom is -0.362 e. The van der Waals surface area contributed by atoms with E-state index in [-0.39, 0.29) is 10.7 Å². The van der Waals surface area contributed by atoms with Crippen molar-refractivity contribution < 1.29 is 22.7 Å². The van der Waals surface area contributed by atoms with Gasteiger partial charge in [0.1, 0.15) is 24.2 Å². The van der Waals surface area contributed by atoms with Gasteiger partial charge < -0.3 is 10.1 Å². The second kappa shape index (κ2) is 5.90. The smallest absolute Gasteiger partial charge is 0.362 e. The molecule has 0 fully saturated rings. The van der Waals surface area contributed by atoms with E-state index >= 15 is 0 Å². The Labute approximate surface area is 120 Å². The molecule has 2 aromatic rings. The van der Waals surface area contributed by atoms with Crippen molar-refractivity contribution in [3.63, 3.8) is 0 Å². The maximum atomic E-state index is 11.9. The van der Waals surface area contributed by atoms with Crippen LogP contribution in [0.3, 0.4) is 0 Å². The van der Waals surface area contributed by atoms with Gasteiger partial charge in [0.25, 0.3) is 0 Å². The zero-order chi connectivity index (χ0) is 14.8. The molecule has 0 aliphatic rings. The van der Waals surface area contributed by atoms with Gasteiger partial charge in [-0.2, -0.15) is 21.9 Å². The Morgan fingerprint density at radius 3 is 2.85 bits per heavy atom. The van der Waals surface area contributed by atoms with E-state index in [9.17, 15) is 18.0 Å². The van der Waals surface area contributed by atoms with Crippen LogP contribution in [0.2, 0.25) is 5.02 Å². The van der Waals surface area contributed by atoms with Gasteiger partial charge in [0.15, 0.2) is 0 Å². The summed E-state index contributed by atoms with van der Waals surface area (Å²) in [5, 5.41) is 2.58. The molecule has 0 bridgehead atoms. The Morgan fingerprint density at radius 1 is 1.40 bits per heavy atom. The van der Waals surface area contributed by atoms with Gasteiger partial charge in [0.05, 0.1) is 22.4 Å². The van der Waals surface area contributed by atoms with E-state index in [0.717, 1.165) is 11.7 Å². The first kappa shape index (κ1) is 14.9. The van der Waals surface area contributed by atoms with Crippen LogP contribution >= 0.6 is 23.3 Å². The lowest BCUT2D eigenvalue weighted by atomic mass is 10.2. The predicted molar refractivity (Wildman–Crippen MR) is 67.9 cm³/mol. The van der Waals surface area contributed by atoms with E-state index < -0.39 is 25.3 Å². The Bertz CT molecular complexity index is 632. The molecule has 0 unspecified atom stereocenters. The SMILES string of the molecule is O=C(COCC(F)(F)F)Nc1c(Cl)ccc2nsnc12. The van der Waals surface area contributed by atoms with E-state index in [1.165, 1.54) is 6.07 Å². The molecule has 1 aromatic heterocycles. The fourth-order valence-electron chi connectivity index (χ4n) is 1.38. The third-order valence-electron chi connectivity index (χ3n) is 2.14. The first-order valence-electron chi connectivity index (χ1n) is 5.22. The Kier molecular flexibility index (Phi) is 4.41. The summed E-state index contributed by atoms with van der Waals surface area (Å²) in [6.07, 6.45) is -4.48. The summed E-state index contributed by atoms with van der Waals surface area (Å²) in [6.45, 7) is -2.22. The summed E-state index contributed by atoms with van der Waals surface area (Å²) >= 11 is 6.85. The average Bonchev–Trinajstić information content (AvgIpc) is 2.79. The minimum absolute atomic E-state index is 0.207. The van der Waals surface area contributed by atoms with Crippen LogP contribution in [0.25, 0.3) is 11.0 Å². The van der Waals surface area contributed by atoms with Crippen LogP contribution in [-0.2, 0) is 9.53 Å². The first-order valence-corrected chi connectivity index (χ1v) is 6.33. The van der Waals surface area contributed by atoms with Crippen LogP contribution in [0.4, 0.5) is 18.9 Å². The van der Waals surface area contributed by atoms with Crippen LogP contribution in [0.1, 0.15) is 0 Å². The van der Waals surface area contributed by atoms with Gasteiger partial charge in [-0.1, -0.05) is 11.6 Å². The van der Waals surface area contributed by atoms with Crippen molar-refractivity contribution in [2.75, 3.05) is 18.5 Å². The lowest BCUT2D eigenvalue weighted by Crippen LogP contribution is -2.24. The molecule has 108 valence electrons. The van der Waals surface area contributed by atoms with Crippen LogP contribution in [0, 0.1) is 0 Å². The van der Waals surface area contributed by atoms with E-state index in [2.05, 4.69) is 18.8 Å². The Morgan fingerprint density at radius 2 is 2.15 bits per heavy atom. The second-order valence-electron chi connectivity index (χ2n) is 3.71. The van der Waals surface area contributed by atoms with Crippen molar-refractivity contribution >= 4 is 46.0 Å². The Hall–Kier alpha value is -1.45. The Balaban J connectivity index is 2.03. The summed E-state index contributed by atoms with van der Waals surface area (Å²) in [5.74, 6) is -0.753. The van der Waals surface area contributed by atoms with Gasteiger partial charge in [0.2, 0.25) is 5.91 Å². The summed E-state index contributed by atoms with van der Waals surface area (Å²) < 4.78 is 47.8. The van der Waals surface area contributed by atoms with E-state index in [4.69, 9.17) is 11.6 Å². The number of benzene rings is 1. The highest BCUT2D eigenvalue weighted by atomic mass is 35.5. The highest BCUT2D eigenvalue weighted by Crippen LogP contribution is 2.29. The first-order chi connectivity index (χ1) is 9.37. The number of halogens is 4. The van der Waals surface area contributed by atoms with E-state index in [1.807, 2.05) is 0 Å². The maximum Gasteiger partial charge on any atom is 0.411 e. The molecule has 0 radical (unpaired) electrons. The van der Waals surface area contributed by atoms with Crippen molar-refractivity contribution in [1.29, 1.82) is 0 Å². The second-order valence-corrected chi connectivity index (χ2v) is 4.65. The zero-order valence-corrected chi connectivity index (χ0v) is 11.3. The molecular formula is C10H7ClF3N3O2S. The number of anilines is 1. The monoisotopic (exact) mass is 325 g/mol. The quantitative estimate of drug-likeness (QED) is 0.939. The van der Waals surface area contributed by atoms with Gasteiger partial charge >= 0.3 is 6.18 Å². The van der Waals surface area contributed by atoms with Gasteiger partial charge in [-0.15, -0.1) is 0 Å². The topological polar surface area (TPSA) is 64.1 Å². The number of carbonyl (C=O) groups excluding carboxylic acids is 1. The highest BCUT2D eigenvalue weighted by molar-refractivity contribution is 7.00. The van der Waals surface area contributed by atoms with Crippen molar-refractivity contribution in [2.45, 2.75) is 6.18 Å². The number of hydrogen-bond acceptors (Lipinski definition) is 5. The molecule has 0 saturated carbocycles. The van der Waals surface area contributed by atoms with Crippen molar-refractivity contribution in [3.8, 4) is 0 Å². The molecule has 10 heteroatoms. The molecular weight excluding hydrogens is 319 g/mol. The molecule has 0 aliphatic heterocycles. The highest BCUT2D eigenvalue weighted by Gasteiger charge is 2.27. The maximum absolute atomic E-state index is 11.9. The summed E-state index contributed by atoms with van der Waals surface area (Å²) in [6, 6.07) is 3.13.